The lowest BCUT2D eigenvalue weighted by Crippen LogP contribution is -2.25. The average molecular weight is 414 g/mol. The predicted octanol–water partition coefficient (Wildman–Crippen LogP) is 3.68. The lowest BCUT2D eigenvalue weighted by atomic mass is 10.1. The molecule has 0 saturated heterocycles. The van der Waals surface area contributed by atoms with Crippen LogP contribution in [0.3, 0.4) is 0 Å². The molecule has 0 amide bonds. The summed E-state index contributed by atoms with van der Waals surface area (Å²) >= 11 is 0. The number of fused-ring (bicyclic) bond motifs is 1. The van der Waals surface area contributed by atoms with Gasteiger partial charge in [0.15, 0.2) is 5.65 Å². The molecule has 0 radical (unpaired) electrons. The molecule has 0 fully saturated rings. The van der Waals surface area contributed by atoms with Gasteiger partial charge in [0.1, 0.15) is 0 Å². The van der Waals surface area contributed by atoms with Gasteiger partial charge in [-0.25, -0.2) is 9.50 Å². The Bertz CT molecular complexity index is 1190. The van der Waals surface area contributed by atoms with Crippen molar-refractivity contribution in [3.8, 4) is 22.5 Å². The van der Waals surface area contributed by atoms with Crippen molar-refractivity contribution in [1.29, 1.82) is 0 Å². The van der Waals surface area contributed by atoms with Crippen LogP contribution in [0.25, 0.3) is 33.9 Å². The Hall–Kier alpha value is -3.48. The molecule has 158 valence electrons. The fourth-order valence-corrected chi connectivity index (χ4v) is 3.40. The van der Waals surface area contributed by atoms with Crippen LogP contribution in [0.2, 0.25) is 0 Å². The Labute approximate surface area is 182 Å². The molecular formula is C25H27N5O. The van der Waals surface area contributed by atoms with E-state index in [1.807, 2.05) is 53.2 Å². The van der Waals surface area contributed by atoms with Crippen molar-refractivity contribution in [2.75, 3.05) is 27.2 Å². The normalized spacial score (nSPS) is 11.2. The minimum Gasteiger partial charge on any atom is -0.392 e. The summed E-state index contributed by atoms with van der Waals surface area (Å²) in [7, 11) is 4.11. The van der Waals surface area contributed by atoms with Gasteiger partial charge >= 0.3 is 0 Å². The van der Waals surface area contributed by atoms with Gasteiger partial charge in [0.25, 0.3) is 0 Å². The number of nitrogens with zero attached hydrogens (tertiary/aromatic N) is 4. The highest BCUT2D eigenvalue weighted by Gasteiger charge is 2.10. The number of imidazole rings is 1. The van der Waals surface area contributed by atoms with E-state index in [4.69, 9.17) is 5.10 Å². The van der Waals surface area contributed by atoms with E-state index in [0.717, 1.165) is 58.1 Å². The molecule has 2 N–H and O–H groups in total. The van der Waals surface area contributed by atoms with Gasteiger partial charge in [-0.15, -0.1) is 0 Å². The molecule has 6 heteroatoms. The van der Waals surface area contributed by atoms with Gasteiger partial charge < -0.3 is 15.3 Å². The first-order chi connectivity index (χ1) is 15.0. The molecule has 0 bridgehead atoms. The standard InChI is InChI=1S/C25H27N5O/c1-18(26-13-14-29(2)3)21-5-4-6-22(15-21)24-16-27-25-12-11-23(28-30(24)25)20-9-7-19(17-31)8-10-20/h4-12,15-16,26,31H,1,13-14,17H2,2-3H3. The van der Waals surface area contributed by atoms with Gasteiger partial charge in [0.2, 0.25) is 0 Å². The second-order valence-electron chi connectivity index (χ2n) is 7.78. The van der Waals surface area contributed by atoms with E-state index in [-0.39, 0.29) is 6.61 Å². The van der Waals surface area contributed by atoms with E-state index >= 15 is 0 Å². The summed E-state index contributed by atoms with van der Waals surface area (Å²) in [5.41, 5.74) is 7.40. The van der Waals surface area contributed by atoms with Crippen molar-refractivity contribution in [2.45, 2.75) is 6.61 Å². The molecule has 2 aromatic carbocycles. The second kappa shape index (κ2) is 9.12. The Morgan fingerprint density at radius 3 is 2.61 bits per heavy atom. The highest BCUT2D eigenvalue weighted by atomic mass is 16.3. The fraction of sp³-hybridized carbons (Fsp3) is 0.200. The van der Waals surface area contributed by atoms with Gasteiger partial charge in [-0.2, -0.15) is 5.10 Å². The Balaban J connectivity index is 1.64. The third kappa shape index (κ3) is 4.66. The Morgan fingerprint density at radius 1 is 1.06 bits per heavy atom. The Morgan fingerprint density at radius 2 is 1.87 bits per heavy atom. The SMILES string of the molecule is C=C(NCCN(C)C)c1cccc(-c2cnc3ccc(-c4ccc(CO)cc4)nn23)c1. The molecule has 0 spiro atoms. The minimum atomic E-state index is 0.0318. The number of aromatic nitrogens is 3. The molecule has 4 rings (SSSR count). The summed E-state index contributed by atoms with van der Waals surface area (Å²) in [6.45, 7) is 6.00. The number of hydrogen-bond acceptors (Lipinski definition) is 5. The molecule has 31 heavy (non-hydrogen) atoms. The van der Waals surface area contributed by atoms with Crippen LogP contribution in [0.1, 0.15) is 11.1 Å². The number of hydrogen-bond donors (Lipinski definition) is 2. The number of aliphatic hydroxyl groups is 1. The molecule has 0 aliphatic carbocycles. The molecule has 0 aliphatic rings. The van der Waals surface area contributed by atoms with Crippen molar-refractivity contribution in [3.05, 3.63) is 84.6 Å². The van der Waals surface area contributed by atoms with Gasteiger partial charge in [-0.05, 0) is 43.4 Å². The van der Waals surface area contributed by atoms with E-state index < -0.39 is 0 Å². The second-order valence-corrected chi connectivity index (χ2v) is 7.78. The third-order valence-corrected chi connectivity index (χ3v) is 5.20. The van der Waals surface area contributed by atoms with Gasteiger partial charge in [-0.3, -0.25) is 0 Å². The molecular weight excluding hydrogens is 386 g/mol. The minimum absolute atomic E-state index is 0.0318. The van der Waals surface area contributed by atoms with Gasteiger partial charge in [0, 0.05) is 29.9 Å². The largest absolute Gasteiger partial charge is 0.392 e. The van der Waals surface area contributed by atoms with E-state index in [1.165, 1.54) is 0 Å². The van der Waals surface area contributed by atoms with Crippen LogP contribution < -0.4 is 5.32 Å². The van der Waals surface area contributed by atoms with Crippen LogP contribution in [0.5, 0.6) is 0 Å². The first-order valence-corrected chi connectivity index (χ1v) is 10.3. The first kappa shape index (κ1) is 20.8. The molecule has 2 aromatic heterocycles. The highest BCUT2D eigenvalue weighted by molar-refractivity contribution is 5.71. The summed E-state index contributed by atoms with van der Waals surface area (Å²) in [4.78, 5) is 6.66. The lowest BCUT2D eigenvalue weighted by molar-refractivity contribution is 0.282. The lowest BCUT2D eigenvalue weighted by Gasteiger charge is -2.14. The van der Waals surface area contributed by atoms with Crippen molar-refractivity contribution in [1.82, 2.24) is 24.8 Å². The summed E-state index contributed by atoms with van der Waals surface area (Å²) in [6.07, 6.45) is 1.85. The average Bonchev–Trinajstić information content (AvgIpc) is 3.22. The maximum atomic E-state index is 9.27. The van der Waals surface area contributed by atoms with Crippen LogP contribution in [-0.4, -0.2) is 51.8 Å². The predicted molar refractivity (Wildman–Crippen MR) is 125 cm³/mol. The van der Waals surface area contributed by atoms with Gasteiger partial charge in [0.05, 0.1) is 24.2 Å². The van der Waals surface area contributed by atoms with Crippen LogP contribution >= 0.6 is 0 Å². The number of benzene rings is 2. The quantitative estimate of drug-likeness (QED) is 0.461. The molecule has 0 aliphatic heterocycles. The zero-order chi connectivity index (χ0) is 21.8. The zero-order valence-corrected chi connectivity index (χ0v) is 17.9. The maximum absolute atomic E-state index is 9.27. The zero-order valence-electron chi connectivity index (χ0n) is 17.9. The first-order valence-electron chi connectivity index (χ1n) is 10.3. The summed E-state index contributed by atoms with van der Waals surface area (Å²) in [6, 6.07) is 20.0. The molecule has 4 aromatic rings. The molecule has 6 nitrogen and oxygen atoms in total. The fourth-order valence-electron chi connectivity index (χ4n) is 3.40. The summed E-state index contributed by atoms with van der Waals surface area (Å²) in [5, 5.41) is 17.5. The van der Waals surface area contributed by atoms with E-state index in [2.05, 4.69) is 54.1 Å². The highest BCUT2D eigenvalue weighted by Crippen LogP contribution is 2.25. The van der Waals surface area contributed by atoms with Crippen LogP contribution in [0, 0.1) is 0 Å². The van der Waals surface area contributed by atoms with Crippen LogP contribution in [0.15, 0.2) is 73.4 Å². The number of rotatable bonds is 8. The smallest absolute Gasteiger partial charge is 0.154 e. The van der Waals surface area contributed by atoms with Gasteiger partial charge in [-0.1, -0.05) is 49.0 Å². The molecule has 0 saturated carbocycles. The van der Waals surface area contributed by atoms with Crippen LogP contribution in [-0.2, 0) is 6.61 Å². The topological polar surface area (TPSA) is 65.7 Å². The van der Waals surface area contributed by atoms with Crippen molar-refractivity contribution < 1.29 is 5.11 Å². The molecule has 2 heterocycles. The number of aliphatic hydroxyl groups excluding tert-OH is 1. The summed E-state index contributed by atoms with van der Waals surface area (Å²) in [5.74, 6) is 0. The van der Waals surface area contributed by atoms with E-state index in [1.54, 1.807) is 0 Å². The monoisotopic (exact) mass is 413 g/mol. The third-order valence-electron chi connectivity index (χ3n) is 5.20. The molecule has 0 atom stereocenters. The number of nitrogens with one attached hydrogen (secondary N) is 1. The Kier molecular flexibility index (Phi) is 6.11. The maximum Gasteiger partial charge on any atom is 0.154 e. The number of likely N-dealkylation sites (N-methyl/N-ethyl adjacent to an activating group) is 1. The molecule has 0 unspecified atom stereocenters. The summed E-state index contributed by atoms with van der Waals surface area (Å²) < 4.78 is 1.87. The van der Waals surface area contributed by atoms with E-state index in [9.17, 15) is 5.11 Å². The van der Waals surface area contributed by atoms with Crippen LogP contribution in [0.4, 0.5) is 0 Å². The van der Waals surface area contributed by atoms with Crippen molar-refractivity contribution >= 4 is 11.3 Å². The van der Waals surface area contributed by atoms with E-state index in [0.29, 0.717) is 0 Å². The van der Waals surface area contributed by atoms with Crippen molar-refractivity contribution in [3.63, 3.8) is 0 Å². The van der Waals surface area contributed by atoms with Crippen molar-refractivity contribution in [2.24, 2.45) is 0 Å².